The Labute approximate surface area is 300 Å². The first-order valence-electron chi connectivity index (χ1n) is 17.4. The molecule has 0 saturated carbocycles. The van der Waals surface area contributed by atoms with Gasteiger partial charge in [-0.15, -0.1) is 0 Å². The average Bonchev–Trinajstić information content (AvgIpc) is 3.21. The van der Waals surface area contributed by atoms with Crippen LogP contribution in [-0.4, -0.2) is 9.97 Å². The van der Waals surface area contributed by atoms with E-state index < -0.39 is 0 Å². The number of para-hydroxylation sites is 4. The van der Waals surface area contributed by atoms with Gasteiger partial charge in [-0.1, -0.05) is 104 Å². The number of rotatable bonds is 9. The van der Waals surface area contributed by atoms with Crippen molar-refractivity contribution in [3.8, 4) is 22.3 Å². The smallest absolute Gasteiger partial charge is 0.0467 e. The van der Waals surface area contributed by atoms with Crippen LogP contribution in [0.15, 0.2) is 206 Å². The van der Waals surface area contributed by atoms with E-state index in [0.717, 1.165) is 50.7 Å². The summed E-state index contributed by atoms with van der Waals surface area (Å²) in [5.74, 6) is 0.264. The van der Waals surface area contributed by atoms with E-state index in [1.165, 1.54) is 11.3 Å². The summed E-state index contributed by atoms with van der Waals surface area (Å²) in [5, 5.41) is 0. The average molecular weight is 659 g/mol. The van der Waals surface area contributed by atoms with Crippen LogP contribution in [0.2, 0.25) is 0 Å². The normalized spacial score (nSPS) is 15.2. The summed E-state index contributed by atoms with van der Waals surface area (Å²) >= 11 is 0. The van der Waals surface area contributed by atoms with Gasteiger partial charge in [0.2, 0.25) is 0 Å². The lowest BCUT2D eigenvalue weighted by Crippen LogP contribution is -2.26. The monoisotopic (exact) mass is 658 g/mol. The molecule has 246 valence electrons. The predicted molar refractivity (Wildman–Crippen MR) is 212 cm³/mol. The van der Waals surface area contributed by atoms with Gasteiger partial charge < -0.3 is 9.80 Å². The van der Waals surface area contributed by atoms with Crippen molar-refractivity contribution in [3.05, 3.63) is 212 Å². The second-order valence-electron chi connectivity index (χ2n) is 12.7. The van der Waals surface area contributed by atoms with Crippen LogP contribution in [0.1, 0.15) is 18.4 Å². The molecule has 2 aromatic heterocycles. The summed E-state index contributed by atoms with van der Waals surface area (Å²) < 4.78 is 0. The Morgan fingerprint density at radius 3 is 1.57 bits per heavy atom. The summed E-state index contributed by atoms with van der Waals surface area (Å²) in [6, 6.07) is 55.3. The molecule has 51 heavy (non-hydrogen) atoms. The van der Waals surface area contributed by atoms with Crippen molar-refractivity contribution >= 4 is 28.4 Å². The van der Waals surface area contributed by atoms with E-state index >= 15 is 0 Å². The van der Waals surface area contributed by atoms with Crippen LogP contribution >= 0.6 is 0 Å². The zero-order valence-electron chi connectivity index (χ0n) is 28.5. The van der Waals surface area contributed by atoms with Crippen molar-refractivity contribution in [1.29, 1.82) is 0 Å². The molecule has 0 aliphatic heterocycles. The van der Waals surface area contributed by atoms with E-state index in [9.17, 15) is 0 Å². The molecule has 0 radical (unpaired) electrons. The van der Waals surface area contributed by atoms with E-state index in [4.69, 9.17) is 0 Å². The van der Waals surface area contributed by atoms with Crippen molar-refractivity contribution in [2.75, 3.05) is 9.80 Å². The molecule has 5 aromatic carbocycles. The molecule has 0 fully saturated rings. The van der Waals surface area contributed by atoms with Crippen molar-refractivity contribution in [1.82, 2.24) is 9.97 Å². The molecule has 0 amide bonds. The van der Waals surface area contributed by atoms with Gasteiger partial charge in [-0.3, -0.25) is 9.97 Å². The first-order valence-corrected chi connectivity index (χ1v) is 17.4. The maximum Gasteiger partial charge on any atom is 0.0467 e. The van der Waals surface area contributed by atoms with Gasteiger partial charge in [0.25, 0.3) is 0 Å². The van der Waals surface area contributed by atoms with Gasteiger partial charge in [0, 0.05) is 76.3 Å². The predicted octanol–water partition coefficient (Wildman–Crippen LogP) is 12.3. The maximum absolute atomic E-state index is 4.68. The first kappa shape index (κ1) is 31.7. The Balaban J connectivity index is 1.19. The van der Waals surface area contributed by atoms with Crippen molar-refractivity contribution in [3.63, 3.8) is 0 Å². The molecule has 0 N–H and O–H groups in total. The summed E-state index contributed by atoms with van der Waals surface area (Å²) in [5.41, 5.74) is 12.4. The molecule has 1 aliphatic carbocycles. The second kappa shape index (κ2) is 14.5. The Morgan fingerprint density at radius 2 is 0.980 bits per heavy atom. The number of hydrogen-bond acceptors (Lipinski definition) is 4. The second-order valence-corrected chi connectivity index (χ2v) is 12.7. The topological polar surface area (TPSA) is 32.3 Å². The molecule has 0 bridgehead atoms. The number of benzene rings is 5. The molecule has 4 nitrogen and oxygen atoms in total. The van der Waals surface area contributed by atoms with Crippen LogP contribution in [0, 0.1) is 5.92 Å². The molecule has 2 heterocycles. The molecule has 7 aromatic rings. The van der Waals surface area contributed by atoms with Gasteiger partial charge in [-0.2, -0.15) is 0 Å². The molecule has 8 rings (SSSR count). The SMILES string of the molecule is CC1C(N(c2ccccc2)c2ccccc2)=CC=CC1c1cnccc1-c1ccncc1-c1cccc(N(c2ccccc2)c2ccccc2)c1. The van der Waals surface area contributed by atoms with E-state index in [0.29, 0.717) is 0 Å². The lowest BCUT2D eigenvalue weighted by molar-refractivity contribution is 0.587. The number of nitrogens with zero attached hydrogens (tertiary/aromatic N) is 4. The van der Waals surface area contributed by atoms with Gasteiger partial charge in [0.05, 0.1) is 0 Å². The molecular weight excluding hydrogens is 621 g/mol. The third kappa shape index (κ3) is 6.48. The van der Waals surface area contributed by atoms with E-state index in [1.54, 1.807) is 0 Å². The van der Waals surface area contributed by atoms with Gasteiger partial charge in [-0.25, -0.2) is 0 Å². The van der Waals surface area contributed by atoms with Crippen molar-refractivity contribution in [2.45, 2.75) is 12.8 Å². The molecule has 0 spiro atoms. The van der Waals surface area contributed by atoms with E-state index in [1.807, 2.05) is 24.8 Å². The highest BCUT2D eigenvalue weighted by Crippen LogP contribution is 2.45. The minimum atomic E-state index is 0.0997. The summed E-state index contributed by atoms with van der Waals surface area (Å²) in [6.45, 7) is 2.33. The van der Waals surface area contributed by atoms with Crippen LogP contribution in [-0.2, 0) is 0 Å². The quantitative estimate of drug-likeness (QED) is 0.154. The first-order chi connectivity index (χ1) is 25.3. The molecule has 0 saturated heterocycles. The van der Waals surface area contributed by atoms with Crippen LogP contribution in [0.25, 0.3) is 22.3 Å². The molecular formula is C47H38N4. The fourth-order valence-corrected chi connectivity index (χ4v) is 7.22. The number of hydrogen-bond donors (Lipinski definition) is 0. The Kier molecular flexibility index (Phi) is 9.04. The number of pyridine rings is 2. The Bertz CT molecular complexity index is 2200. The highest BCUT2D eigenvalue weighted by atomic mass is 15.2. The number of anilines is 5. The van der Waals surface area contributed by atoms with Crippen molar-refractivity contribution in [2.24, 2.45) is 5.92 Å². The summed E-state index contributed by atoms with van der Waals surface area (Å²) in [6.07, 6.45) is 14.6. The zero-order chi connectivity index (χ0) is 34.4. The Hall–Kier alpha value is -6.52. The lowest BCUT2D eigenvalue weighted by atomic mass is 9.78. The van der Waals surface area contributed by atoms with Gasteiger partial charge in [0.1, 0.15) is 0 Å². The fraction of sp³-hybridized carbons (Fsp3) is 0.0638. The minimum Gasteiger partial charge on any atom is -0.314 e. The highest BCUT2D eigenvalue weighted by Gasteiger charge is 2.30. The molecule has 1 aliphatic rings. The van der Waals surface area contributed by atoms with E-state index in [2.05, 4.69) is 203 Å². The molecule has 4 heteroatoms. The van der Waals surface area contributed by atoms with Gasteiger partial charge >= 0.3 is 0 Å². The standard InChI is InChI=1S/C47H38N4/c1-35-42(26-15-27-47(35)51(39-21-10-4-11-22-39)40-23-12-5-13-24-40)46-34-49-31-29-44(46)43-28-30-48-33-45(43)36-16-14-25-41(32-36)50(37-17-6-2-7-18-37)38-19-8-3-9-20-38/h2-35,42H,1H3. The van der Waals surface area contributed by atoms with Crippen LogP contribution in [0.5, 0.6) is 0 Å². The summed E-state index contributed by atoms with van der Waals surface area (Å²) in [4.78, 5) is 14.0. The van der Waals surface area contributed by atoms with Gasteiger partial charge in [-0.05, 0) is 101 Å². The van der Waals surface area contributed by atoms with Crippen molar-refractivity contribution < 1.29 is 0 Å². The van der Waals surface area contributed by atoms with Crippen LogP contribution in [0.3, 0.4) is 0 Å². The zero-order valence-corrected chi connectivity index (χ0v) is 28.5. The number of aromatic nitrogens is 2. The lowest BCUT2D eigenvalue weighted by Gasteiger charge is -2.36. The van der Waals surface area contributed by atoms with Crippen LogP contribution < -0.4 is 9.80 Å². The third-order valence-corrected chi connectivity index (χ3v) is 9.64. The highest BCUT2D eigenvalue weighted by molar-refractivity contribution is 5.87. The fourth-order valence-electron chi connectivity index (χ4n) is 7.22. The van der Waals surface area contributed by atoms with E-state index in [-0.39, 0.29) is 11.8 Å². The van der Waals surface area contributed by atoms with Crippen LogP contribution in [0.4, 0.5) is 28.4 Å². The maximum atomic E-state index is 4.68. The third-order valence-electron chi connectivity index (χ3n) is 9.64. The Morgan fingerprint density at radius 1 is 0.471 bits per heavy atom. The molecule has 2 unspecified atom stereocenters. The number of allylic oxidation sites excluding steroid dienone is 4. The minimum absolute atomic E-state index is 0.0997. The largest absolute Gasteiger partial charge is 0.314 e. The summed E-state index contributed by atoms with van der Waals surface area (Å²) in [7, 11) is 0. The van der Waals surface area contributed by atoms with Gasteiger partial charge in [0.15, 0.2) is 0 Å². The molecule has 2 atom stereocenters.